The first-order chi connectivity index (χ1) is 8.40. The van der Waals surface area contributed by atoms with E-state index in [1.807, 2.05) is 30.3 Å². The Hall–Kier alpha value is -2.24. The van der Waals surface area contributed by atoms with E-state index in [1.54, 1.807) is 0 Å². The molecule has 0 aliphatic heterocycles. The third-order valence-electron chi connectivity index (χ3n) is 2.73. The Bertz CT molecular complexity index is 744. The molecule has 0 amide bonds. The van der Waals surface area contributed by atoms with Crippen LogP contribution in [0.5, 0.6) is 0 Å². The van der Waals surface area contributed by atoms with Crippen LogP contribution in [-0.2, 0) is 0 Å². The number of fused-ring (bicyclic) bond motifs is 3. The summed E-state index contributed by atoms with van der Waals surface area (Å²) in [6.07, 6.45) is 0. The lowest BCUT2D eigenvalue weighted by molar-refractivity contribution is 0.668. The highest BCUT2D eigenvalue weighted by molar-refractivity contribution is 6.06. The van der Waals surface area contributed by atoms with Crippen molar-refractivity contribution in [3.05, 3.63) is 48.0 Å². The monoisotopic (exact) mass is 221 g/mol. The molecule has 2 N–H and O–H groups in total. The quantitative estimate of drug-likeness (QED) is 0.593. The average molecular weight is 221 g/mol. The topological polar surface area (TPSA) is 39.2 Å². The number of hydrogen-bond acceptors (Lipinski definition) is 2. The summed E-state index contributed by atoms with van der Waals surface area (Å²) in [5.41, 5.74) is 8.02. The van der Waals surface area contributed by atoms with Gasteiger partial charge in [0.2, 0.25) is 0 Å². The Balaban J connectivity index is 2.39. The molecule has 0 spiro atoms. The highest BCUT2D eigenvalue weighted by Crippen LogP contribution is 2.30. The largest absolute Gasteiger partial charge is 0.455 e. The maximum Gasteiger partial charge on any atom is 0.151 e. The van der Waals surface area contributed by atoms with Gasteiger partial charge in [0, 0.05) is 10.8 Å². The predicted molar refractivity (Wildman–Crippen MR) is 69.7 cm³/mol. The molecule has 1 aromatic heterocycles. The minimum Gasteiger partial charge on any atom is -0.455 e. The molecule has 1 heterocycles. The van der Waals surface area contributed by atoms with E-state index in [2.05, 4.69) is 24.0 Å². The summed E-state index contributed by atoms with van der Waals surface area (Å²) in [7, 11) is 0. The third kappa shape index (κ3) is 1.57. The number of hydrogen-bond donors (Lipinski definition) is 1. The summed E-state index contributed by atoms with van der Waals surface area (Å²) < 4.78 is 5.84. The van der Waals surface area contributed by atoms with Crippen molar-refractivity contribution in [3.63, 3.8) is 0 Å². The molecule has 2 nitrogen and oxygen atoms in total. The fourth-order valence-corrected chi connectivity index (χ4v) is 1.99. The number of rotatable bonds is 0. The molecule has 2 heteroatoms. The second kappa shape index (κ2) is 3.97. The Labute approximate surface area is 99.0 Å². The zero-order chi connectivity index (χ0) is 11.7. The van der Waals surface area contributed by atoms with Crippen LogP contribution in [-0.4, -0.2) is 6.54 Å². The van der Waals surface area contributed by atoms with E-state index in [0.29, 0.717) is 6.54 Å². The van der Waals surface area contributed by atoms with Gasteiger partial charge in [-0.1, -0.05) is 42.2 Å². The van der Waals surface area contributed by atoms with Gasteiger partial charge in [0.1, 0.15) is 5.58 Å². The SMILES string of the molecule is NCC#Cc1cccc2c1oc1ccccc12. The van der Waals surface area contributed by atoms with Gasteiger partial charge in [0.15, 0.2) is 5.58 Å². The molecule has 0 fully saturated rings. The third-order valence-corrected chi connectivity index (χ3v) is 2.73. The van der Waals surface area contributed by atoms with Crippen LogP contribution in [0.1, 0.15) is 5.56 Å². The Kier molecular flexibility index (Phi) is 2.32. The van der Waals surface area contributed by atoms with E-state index in [4.69, 9.17) is 10.2 Å². The van der Waals surface area contributed by atoms with E-state index in [-0.39, 0.29) is 0 Å². The van der Waals surface area contributed by atoms with Crippen LogP contribution in [0.4, 0.5) is 0 Å². The van der Waals surface area contributed by atoms with Crippen molar-refractivity contribution in [2.75, 3.05) is 6.54 Å². The maximum absolute atomic E-state index is 5.84. The van der Waals surface area contributed by atoms with Crippen molar-refractivity contribution in [3.8, 4) is 11.8 Å². The highest BCUT2D eigenvalue weighted by atomic mass is 16.3. The van der Waals surface area contributed by atoms with Crippen molar-refractivity contribution >= 4 is 21.9 Å². The fourth-order valence-electron chi connectivity index (χ4n) is 1.99. The minimum atomic E-state index is 0.358. The summed E-state index contributed by atoms with van der Waals surface area (Å²) in [4.78, 5) is 0. The number of para-hydroxylation sites is 2. The lowest BCUT2D eigenvalue weighted by Crippen LogP contribution is -1.93. The molecule has 0 aliphatic carbocycles. The van der Waals surface area contributed by atoms with E-state index < -0.39 is 0 Å². The Morgan fingerprint density at radius 2 is 1.82 bits per heavy atom. The molecule has 0 atom stereocenters. The lowest BCUT2D eigenvalue weighted by Gasteiger charge is -1.91. The van der Waals surface area contributed by atoms with E-state index in [0.717, 1.165) is 27.5 Å². The normalized spacial score (nSPS) is 10.4. The van der Waals surface area contributed by atoms with E-state index >= 15 is 0 Å². The summed E-state index contributed by atoms with van der Waals surface area (Å²) in [5, 5.41) is 2.23. The van der Waals surface area contributed by atoms with Gasteiger partial charge in [-0.05, 0) is 12.1 Å². The van der Waals surface area contributed by atoms with Crippen molar-refractivity contribution in [2.24, 2.45) is 5.73 Å². The van der Waals surface area contributed by atoms with Crippen LogP contribution in [0.25, 0.3) is 21.9 Å². The van der Waals surface area contributed by atoms with Crippen LogP contribution < -0.4 is 5.73 Å². The van der Waals surface area contributed by atoms with Gasteiger partial charge in [-0.25, -0.2) is 0 Å². The lowest BCUT2D eigenvalue weighted by atomic mass is 10.1. The fraction of sp³-hybridized carbons (Fsp3) is 0.0667. The molecule has 0 saturated heterocycles. The van der Waals surface area contributed by atoms with Gasteiger partial charge < -0.3 is 10.2 Å². The first kappa shape index (κ1) is 9.95. The molecule has 0 saturated carbocycles. The standard InChI is InChI=1S/C15H11NO/c16-10-4-6-11-5-3-8-13-12-7-1-2-9-14(12)17-15(11)13/h1-3,5,7-9H,10,16H2. The van der Waals surface area contributed by atoms with Gasteiger partial charge in [-0.3, -0.25) is 0 Å². The van der Waals surface area contributed by atoms with Crippen molar-refractivity contribution in [1.29, 1.82) is 0 Å². The van der Waals surface area contributed by atoms with Crippen LogP contribution in [0.2, 0.25) is 0 Å². The zero-order valence-electron chi connectivity index (χ0n) is 9.23. The number of benzene rings is 2. The van der Waals surface area contributed by atoms with Gasteiger partial charge in [0.05, 0.1) is 12.1 Å². The Morgan fingerprint density at radius 3 is 2.71 bits per heavy atom. The van der Waals surface area contributed by atoms with Gasteiger partial charge in [0.25, 0.3) is 0 Å². The molecular formula is C15H11NO. The molecule has 2 aromatic carbocycles. The Morgan fingerprint density at radius 1 is 1.00 bits per heavy atom. The maximum atomic E-state index is 5.84. The summed E-state index contributed by atoms with van der Waals surface area (Å²) >= 11 is 0. The van der Waals surface area contributed by atoms with Crippen molar-refractivity contribution in [2.45, 2.75) is 0 Å². The van der Waals surface area contributed by atoms with Crippen LogP contribution in [0.3, 0.4) is 0 Å². The molecule has 0 unspecified atom stereocenters. The van der Waals surface area contributed by atoms with Crippen LogP contribution in [0.15, 0.2) is 46.9 Å². The number of nitrogens with two attached hydrogens (primary N) is 1. The second-order valence-electron chi connectivity index (χ2n) is 3.79. The van der Waals surface area contributed by atoms with Crippen molar-refractivity contribution in [1.82, 2.24) is 0 Å². The molecular weight excluding hydrogens is 210 g/mol. The van der Waals surface area contributed by atoms with Crippen LogP contribution in [0, 0.1) is 11.8 Å². The second-order valence-corrected chi connectivity index (χ2v) is 3.79. The van der Waals surface area contributed by atoms with Gasteiger partial charge >= 0.3 is 0 Å². The van der Waals surface area contributed by atoms with Gasteiger partial charge in [-0.15, -0.1) is 0 Å². The highest BCUT2D eigenvalue weighted by Gasteiger charge is 2.08. The first-order valence-corrected chi connectivity index (χ1v) is 5.49. The summed E-state index contributed by atoms with van der Waals surface area (Å²) in [6, 6.07) is 14.0. The van der Waals surface area contributed by atoms with Crippen molar-refractivity contribution < 1.29 is 4.42 Å². The predicted octanol–water partition coefficient (Wildman–Crippen LogP) is 2.90. The minimum absolute atomic E-state index is 0.358. The molecule has 0 bridgehead atoms. The summed E-state index contributed by atoms with van der Waals surface area (Å²) in [5.74, 6) is 5.90. The van der Waals surface area contributed by atoms with E-state index in [1.165, 1.54) is 0 Å². The first-order valence-electron chi connectivity index (χ1n) is 5.49. The summed E-state index contributed by atoms with van der Waals surface area (Å²) in [6.45, 7) is 0.358. The molecule has 17 heavy (non-hydrogen) atoms. The molecule has 3 aromatic rings. The molecule has 3 rings (SSSR count). The van der Waals surface area contributed by atoms with Crippen LogP contribution >= 0.6 is 0 Å². The molecule has 0 aliphatic rings. The smallest absolute Gasteiger partial charge is 0.151 e. The molecule has 0 radical (unpaired) electrons. The average Bonchev–Trinajstić information content (AvgIpc) is 2.75. The van der Waals surface area contributed by atoms with E-state index in [9.17, 15) is 0 Å². The zero-order valence-corrected chi connectivity index (χ0v) is 9.23. The number of furan rings is 1. The molecule has 82 valence electrons. The van der Waals surface area contributed by atoms with Gasteiger partial charge in [-0.2, -0.15) is 0 Å².